The zero-order valence-corrected chi connectivity index (χ0v) is 16.4. The molecular formula is C24H18ClN3O. The van der Waals surface area contributed by atoms with E-state index in [-0.39, 0.29) is 0 Å². The predicted octanol–water partition coefficient (Wildman–Crippen LogP) is 6.00. The quantitative estimate of drug-likeness (QED) is 0.340. The van der Waals surface area contributed by atoms with Gasteiger partial charge in [0.2, 0.25) is 0 Å². The third kappa shape index (κ3) is 3.12. The lowest BCUT2D eigenvalue weighted by Gasteiger charge is -2.12. The van der Waals surface area contributed by atoms with Gasteiger partial charge in [0.05, 0.1) is 23.1 Å². The highest BCUT2D eigenvalue weighted by molar-refractivity contribution is 6.31. The second-order valence-electron chi connectivity index (χ2n) is 6.84. The van der Waals surface area contributed by atoms with Crippen LogP contribution in [-0.4, -0.2) is 21.1 Å². The van der Waals surface area contributed by atoms with Gasteiger partial charge >= 0.3 is 0 Å². The maximum Gasteiger partial charge on any atom is 0.160 e. The van der Waals surface area contributed by atoms with Crippen molar-refractivity contribution in [2.45, 2.75) is 6.54 Å². The number of rotatable bonds is 5. The molecule has 5 aromatic rings. The van der Waals surface area contributed by atoms with Crippen LogP contribution in [0, 0.1) is 0 Å². The molecule has 0 N–H and O–H groups in total. The fraction of sp³-hybridized carbons (Fsp3) is 0.0833. The van der Waals surface area contributed by atoms with Gasteiger partial charge in [-0.15, -0.1) is 0 Å². The normalized spacial score (nSPS) is 11.3. The predicted molar refractivity (Wildman–Crippen MR) is 119 cm³/mol. The standard InChI is InChI=1S/C24H18ClN3O/c1-2-13-29-22-10-6-3-7-16(22)15-28-21-12-11-17(25)14-18(21)23-24(28)27-20-9-5-4-8-19(20)26-23/h2-12,14H,1,13,15H2. The Kier molecular flexibility index (Phi) is 4.41. The van der Waals surface area contributed by atoms with Gasteiger partial charge in [0.15, 0.2) is 5.65 Å². The first-order valence-corrected chi connectivity index (χ1v) is 9.78. The smallest absolute Gasteiger partial charge is 0.160 e. The van der Waals surface area contributed by atoms with E-state index in [0.717, 1.165) is 44.4 Å². The van der Waals surface area contributed by atoms with Crippen LogP contribution in [-0.2, 0) is 6.54 Å². The highest BCUT2D eigenvalue weighted by Gasteiger charge is 2.16. The lowest BCUT2D eigenvalue weighted by molar-refractivity contribution is 0.358. The van der Waals surface area contributed by atoms with Crippen molar-refractivity contribution in [2.75, 3.05) is 6.61 Å². The van der Waals surface area contributed by atoms with E-state index in [9.17, 15) is 0 Å². The summed E-state index contributed by atoms with van der Waals surface area (Å²) in [7, 11) is 0. The van der Waals surface area contributed by atoms with E-state index in [4.69, 9.17) is 26.3 Å². The average molecular weight is 400 g/mol. The van der Waals surface area contributed by atoms with Crippen LogP contribution < -0.4 is 4.74 Å². The van der Waals surface area contributed by atoms with Crippen LogP contribution in [0.5, 0.6) is 5.75 Å². The summed E-state index contributed by atoms with van der Waals surface area (Å²) >= 11 is 6.30. The summed E-state index contributed by atoms with van der Waals surface area (Å²) in [5.74, 6) is 0.838. The zero-order chi connectivity index (χ0) is 19.8. The summed E-state index contributed by atoms with van der Waals surface area (Å²) in [6.07, 6.45) is 1.75. The molecule has 0 aliphatic heterocycles. The zero-order valence-electron chi connectivity index (χ0n) is 15.7. The van der Waals surface area contributed by atoms with Crippen molar-refractivity contribution in [3.05, 3.63) is 90.0 Å². The molecule has 5 rings (SSSR count). The summed E-state index contributed by atoms with van der Waals surface area (Å²) in [6, 6.07) is 21.8. The molecule has 0 spiro atoms. The number of benzene rings is 3. The van der Waals surface area contributed by atoms with Gasteiger partial charge in [-0.3, -0.25) is 0 Å². The van der Waals surface area contributed by atoms with E-state index in [1.807, 2.05) is 60.7 Å². The minimum absolute atomic E-state index is 0.463. The van der Waals surface area contributed by atoms with Gasteiger partial charge in [-0.25, -0.2) is 9.97 Å². The lowest BCUT2D eigenvalue weighted by atomic mass is 10.2. The molecule has 2 aromatic heterocycles. The molecule has 0 fully saturated rings. The van der Waals surface area contributed by atoms with Crippen molar-refractivity contribution in [1.29, 1.82) is 0 Å². The van der Waals surface area contributed by atoms with Gasteiger partial charge in [0.1, 0.15) is 17.9 Å². The van der Waals surface area contributed by atoms with Gasteiger partial charge in [-0.1, -0.05) is 54.6 Å². The molecule has 5 heteroatoms. The van der Waals surface area contributed by atoms with Gasteiger partial charge in [-0.2, -0.15) is 0 Å². The Labute approximate surface area is 173 Å². The Morgan fingerprint density at radius 1 is 0.966 bits per heavy atom. The molecule has 0 saturated heterocycles. The molecule has 3 aromatic carbocycles. The van der Waals surface area contributed by atoms with E-state index in [0.29, 0.717) is 18.2 Å². The first-order chi connectivity index (χ1) is 14.2. The maximum atomic E-state index is 6.30. The molecule has 0 bridgehead atoms. The highest BCUT2D eigenvalue weighted by Crippen LogP contribution is 2.32. The van der Waals surface area contributed by atoms with E-state index in [1.165, 1.54) is 0 Å². The number of halogens is 1. The molecule has 0 unspecified atom stereocenters. The lowest BCUT2D eigenvalue weighted by Crippen LogP contribution is -2.04. The molecule has 0 aliphatic rings. The SMILES string of the molecule is C=CCOc1ccccc1Cn1c2ccc(Cl)cc2c2nc3ccccc3nc21. The molecule has 0 saturated carbocycles. The Morgan fingerprint density at radius 3 is 2.55 bits per heavy atom. The fourth-order valence-corrected chi connectivity index (χ4v) is 3.83. The average Bonchev–Trinajstić information content (AvgIpc) is 3.03. The number of fused-ring (bicyclic) bond motifs is 4. The molecule has 0 amide bonds. The van der Waals surface area contributed by atoms with Crippen molar-refractivity contribution in [1.82, 2.24) is 14.5 Å². The van der Waals surface area contributed by atoms with Crippen molar-refractivity contribution in [3.8, 4) is 5.75 Å². The van der Waals surface area contributed by atoms with Gasteiger partial charge in [-0.05, 0) is 36.4 Å². The van der Waals surface area contributed by atoms with Crippen LogP contribution in [0.3, 0.4) is 0 Å². The largest absolute Gasteiger partial charge is 0.489 e. The number of ether oxygens (including phenoxy) is 1. The fourth-order valence-electron chi connectivity index (χ4n) is 3.66. The van der Waals surface area contributed by atoms with Crippen LogP contribution in [0.15, 0.2) is 79.4 Å². The van der Waals surface area contributed by atoms with Gasteiger partial charge in [0, 0.05) is 16.0 Å². The first kappa shape index (κ1) is 17.7. The number of hydrogen-bond donors (Lipinski definition) is 0. The maximum absolute atomic E-state index is 6.30. The highest BCUT2D eigenvalue weighted by atomic mass is 35.5. The monoisotopic (exact) mass is 399 g/mol. The first-order valence-electron chi connectivity index (χ1n) is 9.40. The summed E-state index contributed by atoms with van der Waals surface area (Å²) in [5.41, 5.74) is 5.53. The molecule has 29 heavy (non-hydrogen) atoms. The summed E-state index contributed by atoms with van der Waals surface area (Å²) in [4.78, 5) is 9.83. The van der Waals surface area contributed by atoms with Crippen LogP contribution in [0.2, 0.25) is 5.02 Å². The summed E-state index contributed by atoms with van der Waals surface area (Å²) in [5, 5.41) is 1.68. The Morgan fingerprint density at radius 2 is 1.72 bits per heavy atom. The Bertz CT molecular complexity index is 1370. The number of hydrogen-bond acceptors (Lipinski definition) is 3. The molecule has 4 nitrogen and oxygen atoms in total. The third-order valence-electron chi connectivity index (χ3n) is 4.97. The minimum Gasteiger partial charge on any atom is -0.489 e. The number of para-hydroxylation sites is 3. The van der Waals surface area contributed by atoms with Crippen molar-refractivity contribution in [3.63, 3.8) is 0 Å². The molecule has 0 aliphatic carbocycles. The second kappa shape index (κ2) is 7.22. The van der Waals surface area contributed by atoms with Crippen molar-refractivity contribution < 1.29 is 4.74 Å². The molecule has 0 radical (unpaired) electrons. The molecule has 142 valence electrons. The van der Waals surface area contributed by atoms with Crippen molar-refractivity contribution in [2.24, 2.45) is 0 Å². The molecule has 0 atom stereocenters. The van der Waals surface area contributed by atoms with E-state index >= 15 is 0 Å². The Hall–Kier alpha value is -3.37. The van der Waals surface area contributed by atoms with E-state index < -0.39 is 0 Å². The van der Waals surface area contributed by atoms with Crippen LogP contribution in [0.4, 0.5) is 0 Å². The van der Waals surface area contributed by atoms with E-state index in [2.05, 4.69) is 17.2 Å². The van der Waals surface area contributed by atoms with Gasteiger partial charge in [0.25, 0.3) is 0 Å². The summed E-state index contributed by atoms with van der Waals surface area (Å²) < 4.78 is 8.04. The topological polar surface area (TPSA) is 39.9 Å². The minimum atomic E-state index is 0.463. The Balaban J connectivity index is 1.76. The van der Waals surface area contributed by atoms with Crippen LogP contribution in [0.1, 0.15) is 5.56 Å². The van der Waals surface area contributed by atoms with Crippen molar-refractivity contribution >= 4 is 44.7 Å². The van der Waals surface area contributed by atoms with Crippen LogP contribution >= 0.6 is 11.6 Å². The van der Waals surface area contributed by atoms with Crippen LogP contribution in [0.25, 0.3) is 33.1 Å². The third-order valence-corrected chi connectivity index (χ3v) is 5.21. The second-order valence-corrected chi connectivity index (χ2v) is 7.28. The molecular weight excluding hydrogens is 382 g/mol. The van der Waals surface area contributed by atoms with E-state index in [1.54, 1.807) is 6.08 Å². The van der Waals surface area contributed by atoms with Gasteiger partial charge < -0.3 is 9.30 Å². The number of aromatic nitrogens is 3. The summed E-state index contributed by atoms with van der Waals surface area (Å²) in [6.45, 7) is 4.81. The number of nitrogens with zero attached hydrogens (tertiary/aromatic N) is 3. The molecule has 2 heterocycles.